The van der Waals surface area contributed by atoms with E-state index in [0.717, 1.165) is 29.9 Å². The van der Waals surface area contributed by atoms with Crippen LogP contribution in [0.25, 0.3) is 121 Å². The van der Waals surface area contributed by atoms with Crippen molar-refractivity contribution in [1.82, 2.24) is 18.3 Å². The Hall–Kier alpha value is -8.34. The fraction of sp³-hybridized carbons (Fsp3) is 0.0333. The quantitative estimate of drug-likeness (QED) is 0.165. The fourth-order valence-electron chi connectivity index (χ4n) is 11.1. The average Bonchev–Trinajstić information content (AvgIpc) is 4.10. The van der Waals surface area contributed by atoms with Gasteiger partial charge in [0.15, 0.2) is 0 Å². The summed E-state index contributed by atoms with van der Waals surface area (Å²) in [5.41, 5.74) is 17.0. The molecule has 0 bridgehead atoms. The lowest BCUT2D eigenvalue weighted by Gasteiger charge is -2.15. The van der Waals surface area contributed by atoms with Gasteiger partial charge in [-0.15, -0.1) is 0 Å². The number of hydrogen-bond donors (Lipinski definition) is 0. The first-order chi connectivity index (χ1) is 31.8. The van der Waals surface area contributed by atoms with Crippen LogP contribution in [-0.4, -0.2) is 18.3 Å². The van der Waals surface area contributed by atoms with Crippen molar-refractivity contribution in [3.05, 3.63) is 218 Å². The zero-order valence-electron chi connectivity index (χ0n) is 35.0. The van der Waals surface area contributed by atoms with Crippen LogP contribution in [0.1, 0.15) is 12.8 Å². The zero-order valence-corrected chi connectivity index (χ0v) is 35.0. The van der Waals surface area contributed by atoms with Crippen LogP contribution in [0.2, 0.25) is 0 Å². The Morgan fingerprint density at radius 1 is 0.297 bits per heavy atom. The highest BCUT2D eigenvalue weighted by Gasteiger charge is 2.23. The molecule has 0 N–H and O–H groups in total. The molecule has 0 aliphatic heterocycles. The van der Waals surface area contributed by atoms with Crippen LogP contribution in [-0.2, 0) is 0 Å². The van der Waals surface area contributed by atoms with Crippen molar-refractivity contribution in [3.8, 4) is 28.2 Å². The minimum absolute atomic E-state index is 1.02. The molecular weight excluding hydrogens is 777 g/mol. The molecular formula is C60H40N4. The maximum atomic E-state index is 2.53. The summed E-state index contributed by atoms with van der Waals surface area (Å²) in [5, 5.41) is 10.2. The highest BCUT2D eigenvalue weighted by atomic mass is 15.0. The van der Waals surface area contributed by atoms with E-state index < -0.39 is 0 Å². The molecule has 4 heterocycles. The summed E-state index contributed by atoms with van der Waals surface area (Å²) in [6.07, 6.45) is 8.85. The molecule has 4 nitrogen and oxygen atoms in total. The van der Waals surface area contributed by atoms with E-state index in [4.69, 9.17) is 0 Å². The van der Waals surface area contributed by atoms with Gasteiger partial charge < -0.3 is 18.3 Å². The van der Waals surface area contributed by atoms with E-state index in [9.17, 15) is 0 Å². The molecule has 0 spiro atoms. The van der Waals surface area contributed by atoms with Crippen molar-refractivity contribution < 1.29 is 0 Å². The van der Waals surface area contributed by atoms with Crippen molar-refractivity contribution >= 4 is 92.9 Å². The van der Waals surface area contributed by atoms with Gasteiger partial charge in [-0.1, -0.05) is 146 Å². The summed E-state index contributed by atoms with van der Waals surface area (Å²) in [5.74, 6) is 0. The van der Waals surface area contributed by atoms with Gasteiger partial charge >= 0.3 is 0 Å². The van der Waals surface area contributed by atoms with Gasteiger partial charge in [0.05, 0.1) is 44.1 Å². The Morgan fingerprint density at radius 3 is 1.28 bits per heavy atom. The Morgan fingerprint density at radius 2 is 0.734 bits per heavy atom. The SMILES string of the molecule is C1=CCCC(n2c3ccccc3c3ccc4c(c5ccccc5n4-c4ccc(-c5ccc(-n6c7ccccc7c7ccc8c9ccccc9n(-c9ccccc9)c8c76)cc5)cc4)c32)=C1. The molecule has 1 aliphatic rings. The molecule has 4 heteroatoms. The van der Waals surface area contributed by atoms with Crippen LogP contribution >= 0.6 is 0 Å². The second-order valence-corrected chi connectivity index (χ2v) is 17.2. The predicted octanol–water partition coefficient (Wildman–Crippen LogP) is 15.9. The van der Waals surface area contributed by atoms with Gasteiger partial charge in [-0.05, 0) is 96.8 Å². The molecule has 0 radical (unpaired) electrons. The van der Waals surface area contributed by atoms with E-state index in [0.29, 0.717) is 0 Å². The summed E-state index contributed by atoms with van der Waals surface area (Å²) in [7, 11) is 0. The largest absolute Gasteiger partial charge is 0.312 e. The molecule has 0 amide bonds. The second kappa shape index (κ2) is 13.6. The molecule has 14 rings (SSSR count). The molecule has 1 aliphatic carbocycles. The summed E-state index contributed by atoms with van der Waals surface area (Å²) in [6.45, 7) is 0. The zero-order chi connectivity index (χ0) is 41.9. The number of aromatic nitrogens is 4. The monoisotopic (exact) mass is 816 g/mol. The second-order valence-electron chi connectivity index (χ2n) is 17.2. The standard InChI is InChI=1S/C60H40N4/c1-3-15-41(16-4-1)62-52-23-11-7-19-45(52)48-37-38-56-57(58(48)62)51-22-10-14-26-55(51)61(56)43-31-27-39(28-32-43)40-29-33-44(34-30-40)64-54-25-13-9-21-47(54)50-36-35-49-46-20-8-12-24-53(46)63(59(49)60(50)64)42-17-5-2-6-18-42/h1-3,5-15,17-38H,4,16H2. The molecule has 300 valence electrons. The fourth-order valence-corrected chi connectivity index (χ4v) is 11.1. The smallest absolute Gasteiger partial charge is 0.0788 e. The summed E-state index contributed by atoms with van der Waals surface area (Å²) in [6, 6.07) is 73.8. The van der Waals surface area contributed by atoms with Gasteiger partial charge in [-0.3, -0.25) is 0 Å². The summed E-state index contributed by atoms with van der Waals surface area (Å²) < 4.78 is 9.90. The third-order valence-corrected chi connectivity index (χ3v) is 13.8. The van der Waals surface area contributed by atoms with Gasteiger partial charge in [0.25, 0.3) is 0 Å². The number of para-hydroxylation sites is 5. The molecule has 13 aromatic rings. The van der Waals surface area contributed by atoms with E-state index in [-0.39, 0.29) is 0 Å². The van der Waals surface area contributed by atoms with Gasteiger partial charge in [-0.25, -0.2) is 0 Å². The Labute approximate surface area is 369 Å². The predicted molar refractivity (Wildman–Crippen MR) is 271 cm³/mol. The first kappa shape index (κ1) is 35.3. The highest BCUT2D eigenvalue weighted by Crippen LogP contribution is 2.44. The molecule has 0 atom stereocenters. The van der Waals surface area contributed by atoms with Gasteiger partial charge in [-0.2, -0.15) is 0 Å². The minimum Gasteiger partial charge on any atom is -0.312 e. The van der Waals surface area contributed by atoms with Crippen LogP contribution in [0, 0.1) is 0 Å². The normalized spacial score (nSPS) is 13.2. The Balaban J connectivity index is 0.912. The van der Waals surface area contributed by atoms with Gasteiger partial charge in [0.1, 0.15) is 0 Å². The van der Waals surface area contributed by atoms with Crippen LogP contribution in [0.5, 0.6) is 0 Å². The lowest BCUT2D eigenvalue weighted by molar-refractivity contribution is 0.980. The van der Waals surface area contributed by atoms with E-state index in [1.165, 1.54) is 104 Å². The van der Waals surface area contributed by atoms with Crippen LogP contribution in [0.3, 0.4) is 0 Å². The first-order valence-corrected chi connectivity index (χ1v) is 22.3. The van der Waals surface area contributed by atoms with Crippen molar-refractivity contribution in [1.29, 1.82) is 0 Å². The van der Waals surface area contributed by atoms with Gasteiger partial charge in [0.2, 0.25) is 0 Å². The van der Waals surface area contributed by atoms with Crippen molar-refractivity contribution in [2.24, 2.45) is 0 Å². The molecule has 0 fully saturated rings. The van der Waals surface area contributed by atoms with E-state index in [1.54, 1.807) is 0 Å². The number of fused-ring (bicyclic) bond motifs is 14. The Bertz CT molecular complexity index is 4090. The third-order valence-electron chi connectivity index (χ3n) is 13.8. The van der Waals surface area contributed by atoms with Crippen molar-refractivity contribution in [3.63, 3.8) is 0 Å². The number of allylic oxidation sites excluding steroid dienone is 4. The molecule has 64 heavy (non-hydrogen) atoms. The van der Waals surface area contributed by atoms with E-state index >= 15 is 0 Å². The number of rotatable bonds is 5. The molecule has 0 saturated carbocycles. The molecule has 0 unspecified atom stereocenters. The van der Waals surface area contributed by atoms with E-state index in [2.05, 4.69) is 237 Å². The van der Waals surface area contributed by atoms with Crippen molar-refractivity contribution in [2.45, 2.75) is 12.8 Å². The van der Waals surface area contributed by atoms with Gasteiger partial charge in [0, 0.05) is 65.8 Å². The minimum atomic E-state index is 1.02. The van der Waals surface area contributed by atoms with Crippen LogP contribution < -0.4 is 0 Å². The number of hydrogen-bond acceptors (Lipinski definition) is 0. The van der Waals surface area contributed by atoms with Crippen LogP contribution in [0.4, 0.5) is 0 Å². The summed E-state index contributed by atoms with van der Waals surface area (Å²) >= 11 is 0. The lowest BCUT2D eigenvalue weighted by atomic mass is 10.0. The number of benzene rings is 9. The Kier molecular flexibility index (Phi) is 7.48. The third kappa shape index (κ3) is 4.93. The highest BCUT2D eigenvalue weighted by molar-refractivity contribution is 6.27. The van der Waals surface area contributed by atoms with E-state index in [1.807, 2.05) is 0 Å². The van der Waals surface area contributed by atoms with Crippen molar-refractivity contribution in [2.75, 3.05) is 0 Å². The first-order valence-electron chi connectivity index (χ1n) is 22.3. The number of nitrogens with zero attached hydrogens (tertiary/aromatic N) is 4. The molecule has 4 aromatic heterocycles. The molecule has 0 saturated heterocycles. The average molecular weight is 817 g/mol. The molecule has 9 aromatic carbocycles. The summed E-state index contributed by atoms with van der Waals surface area (Å²) in [4.78, 5) is 0. The lowest BCUT2D eigenvalue weighted by Crippen LogP contribution is -1.99. The maximum absolute atomic E-state index is 2.53. The topological polar surface area (TPSA) is 19.7 Å². The maximum Gasteiger partial charge on any atom is 0.0788 e. The van der Waals surface area contributed by atoms with Crippen LogP contribution in [0.15, 0.2) is 218 Å².